The first-order valence-corrected chi connectivity index (χ1v) is 7.49. The van der Waals surface area contributed by atoms with Crippen molar-refractivity contribution in [3.05, 3.63) is 44.6 Å². The molecule has 22 heavy (non-hydrogen) atoms. The molecule has 0 radical (unpaired) electrons. The Hall–Kier alpha value is -2.05. The molecule has 0 aliphatic rings. The van der Waals surface area contributed by atoms with E-state index in [0.717, 1.165) is 16.9 Å². The van der Waals surface area contributed by atoms with E-state index in [0.29, 0.717) is 26.2 Å². The molecule has 116 valence electrons. The summed E-state index contributed by atoms with van der Waals surface area (Å²) in [5, 5.41) is 3.31. The van der Waals surface area contributed by atoms with Crippen LogP contribution in [0.2, 0.25) is 5.02 Å². The first kappa shape index (κ1) is 16.3. The number of amides is 1. The first-order valence-electron chi connectivity index (χ1n) is 6.30. The van der Waals surface area contributed by atoms with Crippen molar-refractivity contribution in [2.24, 2.45) is 0 Å². The Morgan fingerprint density at radius 1 is 1.18 bits per heavy atom. The van der Waals surface area contributed by atoms with Crippen molar-refractivity contribution in [3.8, 4) is 5.75 Å². The average molecular weight is 340 g/mol. The SMILES string of the molecule is COC(=O)c1ccc(C(=O)Nc2cc(C)c(Cl)cc2OC)s1. The van der Waals surface area contributed by atoms with Crippen molar-refractivity contribution in [3.63, 3.8) is 0 Å². The van der Waals surface area contributed by atoms with Crippen LogP contribution in [-0.2, 0) is 4.74 Å². The summed E-state index contributed by atoms with van der Waals surface area (Å²) in [6.07, 6.45) is 0. The Balaban J connectivity index is 2.23. The van der Waals surface area contributed by atoms with Crippen LogP contribution in [0, 0.1) is 6.92 Å². The fourth-order valence-electron chi connectivity index (χ4n) is 1.78. The van der Waals surface area contributed by atoms with E-state index in [-0.39, 0.29) is 5.91 Å². The van der Waals surface area contributed by atoms with Crippen LogP contribution in [0.3, 0.4) is 0 Å². The highest BCUT2D eigenvalue weighted by molar-refractivity contribution is 7.16. The van der Waals surface area contributed by atoms with Gasteiger partial charge >= 0.3 is 5.97 Å². The molecular weight excluding hydrogens is 326 g/mol. The first-order chi connectivity index (χ1) is 10.5. The molecule has 0 bridgehead atoms. The lowest BCUT2D eigenvalue weighted by atomic mass is 10.2. The summed E-state index contributed by atoms with van der Waals surface area (Å²) in [4.78, 5) is 24.4. The van der Waals surface area contributed by atoms with Crippen LogP contribution in [0.25, 0.3) is 0 Å². The zero-order chi connectivity index (χ0) is 16.3. The molecule has 1 aromatic carbocycles. The molecule has 0 spiro atoms. The van der Waals surface area contributed by atoms with E-state index in [1.54, 1.807) is 24.3 Å². The van der Waals surface area contributed by atoms with E-state index in [2.05, 4.69) is 10.1 Å². The second-order valence-corrected chi connectivity index (χ2v) is 5.90. The number of nitrogens with one attached hydrogen (secondary N) is 1. The maximum Gasteiger partial charge on any atom is 0.348 e. The maximum atomic E-state index is 12.3. The van der Waals surface area contributed by atoms with Gasteiger partial charge in [0.2, 0.25) is 0 Å². The summed E-state index contributed by atoms with van der Waals surface area (Å²) in [7, 11) is 2.79. The second kappa shape index (κ2) is 6.81. The van der Waals surface area contributed by atoms with Gasteiger partial charge in [0.15, 0.2) is 0 Å². The summed E-state index contributed by atoms with van der Waals surface area (Å²) >= 11 is 7.09. The van der Waals surface area contributed by atoms with Crippen LogP contribution in [0.1, 0.15) is 24.9 Å². The van der Waals surface area contributed by atoms with E-state index >= 15 is 0 Å². The summed E-state index contributed by atoms with van der Waals surface area (Å²) in [6, 6.07) is 6.49. The Bertz CT molecular complexity index is 726. The third-order valence-electron chi connectivity index (χ3n) is 2.95. The molecule has 0 atom stereocenters. The lowest BCUT2D eigenvalue weighted by Gasteiger charge is -2.11. The van der Waals surface area contributed by atoms with Crippen molar-refractivity contribution in [1.82, 2.24) is 0 Å². The van der Waals surface area contributed by atoms with Gasteiger partial charge in [-0.05, 0) is 30.7 Å². The van der Waals surface area contributed by atoms with Crippen LogP contribution in [0.15, 0.2) is 24.3 Å². The zero-order valence-corrected chi connectivity index (χ0v) is 13.8. The molecule has 0 aliphatic carbocycles. The standard InChI is InChI=1S/C15H14ClNO4S/c1-8-6-10(11(20-2)7-9(8)16)17-14(18)12-4-5-13(22-12)15(19)21-3/h4-7H,1-3H3,(H,17,18). The molecule has 0 saturated carbocycles. The minimum Gasteiger partial charge on any atom is -0.495 e. The van der Waals surface area contributed by atoms with E-state index in [1.165, 1.54) is 14.2 Å². The number of hydrogen-bond donors (Lipinski definition) is 1. The highest BCUT2D eigenvalue weighted by atomic mass is 35.5. The Labute approximate surface area is 136 Å². The van der Waals surface area contributed by atoms with Crippen LogP contribution in [-0.4, -0.2) is 26.1 Å². The number of thiophene rings is 1. The number of ether oxygens (including phenoxy) is 2. The molecule has 1 amide bonds. The summed E-state index contributed by atoms with van der Waals surface area (Å²) in [6.45, 7) is 1.83. The molecule has 1 heterocycles. The van der Waals surface area contributed by atoms with E-state index in [9.17, 15) is 9.59 Å². The third kappa shape index (κ3) is 3.40. The van der Waals surface area contributed by atoms with E-state index in [1.807, 2.05) is 6.92 Å². The maximum absolute atomic E-state index is 12.3. The number of carbonyl (C=O) groups excluding carboxylic acids is 2. The Morgan fingerprint density at radius 2 is 1.86 bits per heavy atom. The largest absolute Gasteiger partial charge is 0.495 e. The average Bonchev–Trinajstić information content (AvgIpc) is 2.99. The summed E-state index contributed by atoms with van der Waals surface area (Å²) in [5.74, 6) is -0.335. The van der Waals surface area contributed by atoms with Gasteiger partial charge in [-0.25, -0.2) is 4.79 Å². The molecule has 7 heteroatoms. The summed E-state index contributed by atoms with van der Waals surface area (Å²) < 4.78 is 9.83. The third-order valence-corrected chi connectivity index (χ3v) is 4.42. The van der Waals surface area contributed by atoms with E-state index in [4.69, 9.17) is 16.3 Å². The minimum absolute atomic E-state index is 0.333. The molecule has 1 N–H and O–H groups in total. The molecule has 2 rings (SSSR count). The summed E-state index contributed by atoms with van der Waals surface area (Å²) in [5.41, 5.74) is 1.33. The monoisotopic (exact) mass is 339 g/mol. The van der Waals surface area contributed by atoms with Gasteiger partial charge in [0.1, 0.15) is 10.6 Å². The van der Waals surface area contributed by atoms with Crippen molar-refractivity contribution < 1.29 is 19.1 Å². The highest BCUT2D eigenvalue weighted by Crippen LogP contribution is 2.31. The number of anilines is 1. The number of halogens is 1. The highest BCUT2D eigenvalue weighted by Gasteiger charge is 2.16. The number of carbonyl (C=O) groups is 2. The molecule has 0 saturated heterocycles. The Kier molecular flexibility index (Phi) is 5.05. The smallest absolute Gasteiger partial charge is 0.348 e. The lowest BCUT2D eigenvalue weighted by Crippen LogP contribution is -2.11. The molecular formula is C15H14ClNO4S. The second-order valence-electron chi connectivity index (χ2n) is 4.41. The predicted octanol–water partition coefficient (Wildman–Crippen LogP) is 3.76. The van der Waals surface area contributed by atoms with Gasteiger partial charge in [-0.1, -0.05) is 11.6 Å². The Morgan fingerprint density at radius 3 is 2.50 bits per heavy atom. The molecule has 5 nitrogen and oxygen atoms in total. The van der Waals surface area contributed by atoms with Crippen molar-refractivity contribution in [1.29, 1.82) is 0 Å². The van der Waals surface area contributed by atoms with Crippen LogP contribution < -0.4 is 10.1 Å². The zero-order valence-electron chi connectivity index (χ0n) is 12.2. The van der Waals surface area contributed by atoms with Gasteiger partial charge in [0.25, 0.3) is 5.91 Å². The van der Waals surface area contributed by atoms with Gasteiger partial charge < -0.3 is 14.8 Å². The number of aryl methyl sites for hydroxylation is 1. The number of benzene rings is 1. The number of rotatable bonds is 4. The van der Waals surface area contributed by atoms with Crippen LogP contribution in [0.5, 0.6) is 5.75 Å². The van der Waals surface area contributed by atoms with Gasteiger partial charge in [0.05, 0.1) is 24.8 Å². The van der Waals surface area contributed by atoms with Crippen LogP contribution >= 0.6 is 22.9 Å². The number of esters is 1. The topological polar surface area (TPSA) is 64.6 Å². The van der Waals surface area contributed by atoms with Gasteiger partial charge in [0, 0.05) is 11.1 Å². The van der Waals surface area contributed by atoms with Crippen molar-refractivity contribution in [2.75, 3.05) is 19.5 Å². The molecule has 0 aliphatic heterocycles. The fourth-order valence-corrected chi connectivity index (χ4v) is 2.76. The quantitative estimate of drug-likeness (QED) is 0.861. The molecule has 0 fully saturated rings. The van der Waals surface area contributed by atoms with Gasteiger partial charge in [-0.15, -0.1) is 11.3 Å². The number of methoxy groups -OCH3 is 2. The van der Waals surface area contributed by atoms with Crippen molar-refractivity contribution >= 4 is 40.5 Å². The minimum atomic E-state index is -0.469. The molecule has 1 aromatic heterocycles. The normalized spacial score (nSPS) is 10.2. The molecule has 2 aromatic rings. The van der Waals surface area contributed by atoms with Gasteiger partial charge in [-0.3, -0.25) is 4.79 Å². The fraction of sp³-hybridized carbons (Fsp3) is 0.200. The predicted molar refractivity (Wildman–Crippen MR) is 86.4 cm³/mol. The molecule has 0 unspecified atom stereocenters. The number of hydrogen-bond acceptors (Lipinski definition) is 5. The lowest BCUT2D eigenvalue weighted by molar-refractivity contribution is 0.0606. The van der Waals surface area contributed by atoms with Crippen LogP contribution in [0.4, 0.5) is 5.69 Å². The van der Waals surface area contributed by atoms with Gasteiger partial charge in [-0.2, -0.15) is 0 Å². The van der Waals surface area contributed by atoms with Crippen molar-refractivity contribution in [2.45, 2.75) is 6.92 Å². The van der Waals surface area contributed by atoms with E-state index < -0.39 is 5.97 Å².